The molecule has 0 bridgehead atoms. The molecule has 0 saturated heterocycles. The third-order valence-corrected chi connectivity index (χ3v) is 5.92. The Kier molecular flexibility index (Phi) is 8.41. The number of nitrogens with zero attached hydrogens (tertiary/aromatic N) is 7. The lowest BCUT2D eigenvalue weighted by molar-refractivity contribution is 0.0526. The summed E-state index contributed by atoms with van der Waals surface area (Å²) in [4.78, 5) is 25.0. The van der Waals surface area contributed by atoms with Crippen molar-refractivity contribution >= 4 is 34.8 Å². The van der Waals surface area contributed by atoms with Crippen LogP contribution < -0.4 is 15.4 Å². The molecule has 0 radical (unpaired) electrons. The average Bonchev–Trinajstić information content (AvgIpc) is 3.47. The van der Waals surface area contributed by atoms with E-state index in [0.717, 1.165) is 30.0 Å². The topological polar surface area (TPSA) is 134 Å². The number of aryl methyl sites for hydroxylation is 2. The van der Waals surface area contributed by atoms with Gasteiger partial charge in [0.15, 0.2) is 11.6 Å². The predicted molar refractivity (Wildman–Crippen MR) is 144 cm³/mol. The van der Waals surface area contributed by atoms with Crippen molar-refractivity contribution in [3.63, 3.8) is 0 Å². The quantitative estimate of drug-likeness (QED) is 0.205. The first-order valence-corrected chi connectivity index (χ1v) is 12.5. The second-order valence-electron chi connectivity index (χ2n) is 8.34. The third kappa shape index (κ3) is 5.70. The Balaban J connectivity index is 1.58. The molecule has 0 aliphatic carbocycles. The number of esters is 1. The number of rotatable bonds is 11. The Morgan fingerprint density at radius 1 is 1.16 bits per heavy atom. The maximum Gasteiger partial charge on any atom is 0.343 e. The fourth-order valence-corrected chi connectivity index (χ4v) is 4.14. The summed E-state index contributed by atoms with van der Waals surface area (Å²) in [5.41, 5.74) is 4.33. The Morgan fingerprint density at radius 3 is 2.71 bits per heavy atom. The van der Waals surface area contributed by atoms with Crippen molar-refractivity contribution in [3.05, 3.63) is 53.0 Å². The number of aromatic nitrogens is 7. The highest BCUT2D eigenvalue weighted by molar-refractivity contribution is 6.28. The molecule has 0 spiro atoms. The van der Waals surface area contributed by atoms with Gasteiger partial charge in [0.1, 0.15) is 24.4 Å². The summed E-state index contributed by atoms with van der Waals surface area (Å²) in [6, 6.07) is 5.45. The maximum atomic E-state index is 12.4. The molecule has 3 aromatic heterocycles. The summed E-state index contributed by atoms with van der Waals surface area (Å²) < 4.78 is 14.5. The minimum atomic E-state index is -0.569. The van der Waals surface area contributed by atoms with Gasteiger partial charge in [-0.2, -0.15) is 10.1 Å². The summed E-state index contributed by atoms with van der Waals surface area (Å²) in [5.74, 6) is 0.556. The molecule has 1 aromatic carbocycles. The molecule has 0 aliphatic rings. The first kappa shape index (κ1) is 26.9. The fraction of sp³-hybridized carbons (Fsp3) is 0.360. The highest BCUT2D eigenvalue weighted by Gasteiger charge is 2.20. The number of carbonyl (C=O) groups is 1. The molecule has 3 heterocycles. The summed E-state index contributed by atoms with van der Waals surface area (Å²) >= 11 is 6.00. The largest absolute Gasteiger partial charge is 0.494 e. The van der Waals surface area contributed by atoms with Crippen LogP contribution in [0.1, 0.15) is 42.0 Å². The molecule has 0 aliphatic heterocycles. The summed E-state index contributed by atoms with van der Waals surface area (Å²) in [6.07, 6.45) is 3.97. The second kappa shape index (κ2) is 11.9. The monoisotopic (exact) mass is 539 g/mol. The normalized spacial score (nSPS) is 10.9. The lowest BCUT2D eigenvalue weighted by Crippen LogP contribution is -2.11. The number of carbonyl (C=O) groups excluding carboxylic acids is 1. The van der Waals surface area contributed by atoms with Crippen LogP contribution in [0.2, 0.25) is 5.28 Å². The number of benzene rings is 1. The van der Waals surface area contributed by atoms with E-state index in [-0.39, 0.29) is 23.3 Å². The van der Waals surface area contributed by atoms with Gasteiger partial charge >= 0.3 is 5.97 Å². The first-order chi connectivity index (χ1) is 18.4. The highest BCUT2D eigenvalue weighted by atomic mass is 35.5. The van der Waals surface area contributed by atoms with Crippen LogP contribution in [0, 0.1) is 13.8 Å². The number of hydrogen-bond acceptors (Lipinski definition) is 10. The molecular formula is C25H30ClN9O3. The van der Waals surface area contributed by atoms with E-state index in [1.807, 2.05) is 30.7 Å². The standard InChI is InChI=1S/C25H30ClN9O3/c1-6-11-35-16(4)20(15(3)32-35)28-13-34-14-29-22(33-34)17-9-8-10-19(21(17)37-5)30-23-18(24(36)38-7-2)12-27-25(26)31-23/h8-10,12,14,28H,6-7,11,13H2,1-5H3,(H,27,30,31). The van der Waals surface area contributed by atoms with Crippen molar-refractivity contribution in [2.24, 2.45) is 0 Å². The molecule has 4 aromatic rings. The molecule has 0 fully saturated rings. The van der Waals surface area contributed by atoms with E-state index >= 15 is 0 Å². The Hall–Kier alpha value is -4.19. The summed E-state index contributed by atoms with van der Waals surface area (Å²) in [7, 11) is 1.54. The molecule has 2 N–H and O–H groups in total. The SMILES string of the molecule is CCCn1nc(C)c(NCn2cnc(-c3cccc(Nc4nc(Cl)ncc4C(=O)OCC)c3OC)n2)c1C. The van der Waals surface area contributed by atoms with Crippen molar-refractivity contribution in [3.8, 4) is 17.1 Å². The number of halogens is 1. The van der Waals surface area contributed by atoms with Crippen LogP contribution in [0.25, 0.3) is 11.4 Å². The van der Waals surface area contributed by atoms with Crippen LogP contribution in [0.5, 0.6) is 5.75 Å². The van der Waals surface area contributed by atoms with Gasteiger partial charge in [-0.25, -0.2) is 19.4 Å². The molecule has 38 heavy (non-hydrogen) atoms. The van der Waals surface area contributed by atoms with Crippen LogP contribution in [0.3, 0.4) is 0 Å². The maximum absolute atomic E-state index is 12.4. The number of methoxy groups -OCH3 is 1. The van der Waals surface area contributed by atoms with Crippen LogP contribution >= 0.6 is 11.6 Å². The molecule has 0 amide bonds. The summed E-state index contributed by atoms with van der Waals surface area (Å²) in [5, 5.41) is 15.7. The van der Waals surface area contributed by atoms with E-state index in [0.29, 0.717) is 29.5 Å². The zero-order chi connectivity index (χ0) is 27.2. The summed E-state index contributed by atoms with van der Waals surface area (Å²) in [6.45, 7) is 9.37. The predicted octanol–water partition coefficient (Wildman–Crippen LogP) is 4.61. The van der Waals surface area contributed by atoms with Gasteiger partial charge in [-0.15, -0.1) is 5.10 Å². The van der Waals surface area contributed by atoms with Crippen LogP contribution in [-0.2, 0) is 18.0 Å². The van der Waals surface area contributed by atoms with Crippen LogP contribution in [0.15, 0.2) is 30.7 Å². The average molecular weight is 540 g/mol. The molecule has 0 saturated carbocycles. The van der Waals surface area contributed by atoms with E-state index in [1.165, 1.54) is 6.20 Å². The number of nitrogens with one attached hydrogen (secondary N) is 2. The molecule has 0 unspecified atom stereocenters. The highest BCUT2D eigenvalue weighted by Crippen LogP contribution is 2.36. The van der Waals surface area contributed by atoms with E-state index in [9.17, 15) is 4.79 Å². The van der Waals surface area contributed by atoms with Crippen LogP contribution in [-0.4, -0.2) is 54.2 Å². The van der Waals surface area contributed by atoms with Crippen LogP contribution in [0.4, 0.5) is 17.2 Å². The Bertz CT molecular complexity index is 1430. The first-order valence-electron chi connectivity index (χ1n) is 12.2. The van der Waals surface area contributed by atoms with Crippen molar-refractivity contribution in [1.29, 1.82) is 0 Å². The molecule has 200 valence electrons. The number of para-hydroxylation sites is 1. The van der Waals surface area contributed by atoms with Gasteiger partial charge in [0.25, 0.3) is 0 Å². The van der Waals surface area contributed by atoms with E-state index in [2.05, 4.69) is 42.7 Å². The molecule has 4 rings (SSSR count). The van der Waals surface area contributed by atoms with E-state index < -0.39 is 5.97 Å². The molecule has 0 atom stereocenters. The number of ether oxygens (including phenoxy) is 2. The van der Waals surface area contributed by atoms with Gasteiger partial charge < -0.3 is 20.1 Å². The van der Waals surface area contributed by atoms with Gasteiger partial charge in [-0.3, -0.25) is 4.68 Å². The minimum absolute atomic E-state index is 0.0192. The molecule has 13 heteroatoms. The lowest BCUT2D eigenvalue weighted by atomic mass is 10.1. The lowest BCUT2D eigenvalue weighted by Gasteiger charge is -2.15. The third-order valence-electron chi connectivity index (χ3n) is 5.74. The van der Waals surface area contributed by atoms with Crippen molar-refractivity contribution in [2.75, 3.05) is 24.4 Å². The van der Waals surface area contributed by atoms with Gasteiger partial charge in [0.2, 0.25) is 5.28 Å². The van der Waals surface area contributed by atoms with Crippen molar-refractivity contribution in [1.82, 2.24) is 34.5 Å². The smallest absolute Gasteiger partial charge is 0.343 e. The van der Waals surface area contributed by atoms with Gasteiger partial charge in [0, 0.05) is 12.7 Å². The Morgan fingerprint density at radius 2 is 1.97 bits per heavy atom. The molecule has 12 nitrogen and oxygen atoms in total. The van der Waals surface area contributed by atoms with Crippen molar-refractivity contribution < 1.29 is 14.3 Å². The minimum Gasteiger partial charge on any atom is -0.494 e. The van der Waals surface area contributed by atoms with Gasteiger partial charge in [0.05, 0.1) is 42.0 Å². The zero-order valence-corrected chi connectivity index (χ0v) is 22.7. The number of anilines is 3. The van der Waals surface area contributed by atoms with E-state index in [1.54, 1.807) is 31.1 Å². The second-order valence-corrected chi connectivity index (χ2v) is 8.68. The Labute approximate surface area is 225 Å². The van der Waals surface area contributed by atoms with Gasteiger partial charge in [-0.05, 0) is 50.9 Å². The van der Waals surface area contributed by atoms with Gasteiger partial charge in [-0.1, -0.05) is 13.0 Å². The number of hydrogen-bond donors (Lipinski definition) is 2. The zero-order valence-electron chi connectivity index (χ0n) is 21.9. The molecular weight excluding hydrogens is 510 g/mol. The van der Waals surface area contributed by atoms with E-state index in [4.69, 9.17) is 21.1 Å². The fourth-order valence-electron chi connectivity index (χ4n) is 4.01. The van der Waals surface area contributed by atoms with Crippen molar-refractivity contribution in [2.45, 2.75) is 47.3 Å².